The van der Waals surface area contributed by atoms with Gasteiger partial charge in [0, 0.05) is 29.1 Å². The second-order valence-corrected chi connectivity index (χ2v) is 5.59. The molecule has 2 aromatic rings. The fourth-order valence-electron chi connectivity index (χ4n) is 1.62. The van der Waals surface area contributed by atoms with Crippen LogP contribution in [-0.2, 0) is 4.79 Å². The lowest BCUT2D eigenvalue weighted by molar-refractivity contribution is -0.116. The summed E-state index contributed by atoms with van der Waals surface area (Å²) in [7, 11) is 0. The van der Waals surface area contributed by atoms with Crippen LogP contribution in [0, 0.1) is 0 Å². The number of aromatic nitrogens is 2. The minimum Gasteiger partial charge on any atom is -0.489 e. The number of nitrogens with zero attached hydrogens (tertiary/aromatic N) is 2. The van der Waals surface area contributed by atoms with Gasteiger partial charge >= 0.3 is 0 Å². The number of ether oxygens (including phenoxy) is 1. The van der Waals surface area contributed by atoms with Crippen molar-refractivity contribution in [3.8, 4) is 5.75 Å². The highest BCUT2D eigenvalue weighted by Gasteiger charge is 2.09. The molecule has 0 unspecified atom stereocenters. The summed E-state index contributed by atoms with van der Waals surface area (Å²) in [6.07, 6.45) is 7.63. The van der Waals surface area contributed by atoms with Gasteiger partial charge in [0.25, 0.3) is 0 Å². The maximum atomic E-state index is 11.6. The Balaban J connectivity index is 1.77. The molecule has 0 bridgehead atoms. The third kappa shape index (κ3) is 5.71. The molecule has 8 heteroatoms. The lowest BCUT2D eigenvalue weighted by atomic mass is 10.3. The van der Waals surface area contributed by atoms with E-state index in [1.807, 2.05) is 0 Å². The van der Waals surface area contributed by atoms with Crippen molar-refractivity contribution in [2.75, 3.05) is 13.2 Å². The van der Waals surface area contributed by atoms with Crippen LogP contribution in [0.5, 0.6) is 5.75 Å². The zero-order valence-corrected chi connectivity index (χ0v) is 14.1. The summed E-state index contributed by atoms with van der Waals surface area (Å²) in [6, 6.07) is 3.07. The molecular formula is C15H12Cl3N3O2. The Bertz CT molecular complexity index is 685. The van der Waals surface area contributed by atoms with Gasteiger partial charge in [-0.15, -0.1) is 0 Å². The number of rotatable bonds is 6. The van der Waals surface area contributed by atoms with Gasteiger partial charge in [0.15, 0.2) is 5.75 Å². The Morgan fingerprint density at radius 2 is 1.83 bits per heavy atom. The molecule has 0 saturated heterocycles. The van der Waals surface area contributed by atoms with Crippen molar-refractivity contribution < 1.29 is 9.53 Å². The molecule has 120 valence electrons. The fraction of sp³-hybridized carbons (Fsp3) is 0.133. The van der Waals surface area contributed by atoms with Crippen LogP contribution in [0.4, 0.5) is 0 Å². The van der Waals surface area contributed by atoms with E-state index in [0.717, 1.165) is 5.56 Å². The highest BCUT2D eigenvalue weighted by molar-refractivity contribution is 6.40. The van der Waals surface area contributed by atoms with E-state index in [-0.39, 0.29) is 12.5 Å². The average molecular weight is 373 g/mol. The molecule has 1 amide bonds. The monoisotopic (exact) mass is 371 g/mol. The molecule has 0 aliphatic heterocycles. The number of amides is 1. The zero-order chi connectivity index (χ0) is 16.7. The third-order valence-electron chi connectivity index (χ3n) is 2.62. The number of hydrogen-bond donors (Lipinski definition) is 1. The molecule has 0 spiro atoms. The smallest absolute Gasteiger partial charge is 0.244 e. The van der Waals surface area contributed by atoms with E-state index < -0.39 is 0 Å². The van der Waals surface area contributed by atoms with Crippen LogP contribution in [0.15, 0.2) is 36.9 Å². The molecule has 5 nitrogen and oxygen atoms in total. The molecule has 0 fully saturated rings. The van der Waals surface area contributed by atoms with Gasteiger partial charge in [0.2, 0.25) is 5.91 Å². The van der Waals surface area contributed by atoms with Gasteiger partial charge < -0.3 is 10.1 Å². The number of carbonyl (C=O) groups excluding carboxylic acids is 1. The highest BCUT2D eigenvalue weighted by Crippen LogP contribution is 2.35. The third-order valence-corrected chi connectivity index (χ3v) is 3.40. The number of carbonyl (C=O) groups is 1. The summed E-state index contributed by atoms with van der Waals surface area (Å²) in [5, 5.41) is 3.73. The van der Waals surface area contributed by atoms with Crippen LogP contribution in [0.1, 0.15) is 5.56 Å². The second-order valence-electron chi connectivity index (χ2n) is 4.34. The Hall–Kier alpha value is -1.82. The minimum absolute atomic E-state index is 0.217. The van der Waals surface area contributed by atoms with Crippen molar-refractivity contribution in [2.24, 2.45) is 0 Å². The van der Waals surface area contributed by atoms with Gasteiger partial charge in [-0.1, -0.05) is 34.8 Å². The molecule has 1 aromatic carbocycles. The molecule has 2 rings (SSSR count). The fourth-order valence-corrected chi connectivity index (χ4v) is 2.55. The van der Waals surface area contributed by atoms with E-state index in [0.29, 0.717) is 27.4 Å². The molecule has 1 heterocycles. The standard InChI is InChI=1S/C15H12Cl3N3O2/c16-11-5-12(17)15(13(18)6-11)23-4-3-21-14(22)2-1-10-7-19-9-20-8-10/h1-2,5-9H,3-4H2,(H,21,22). The van der Waals surface area contributed by atoms with Gasteiger partial charge in [-0.25, -0.2) is 9.97 Å². The van der Waals surface area contributed by atoms with Crippen LogP contribution in [0.2, 0.25) is 15.1 Å². The number of halogens is 3. The minimum atomic E-state index is -0.259. The Morgan fingerprint density at radius 1 is 1.17 bits per heavy atom. The molecule has 0 atom stereocenters. The molecule has 0 radical (unpaired) electrons. The number of hydrogen-bond acceptors (Lipinski definition) is 4. The van der Waals surface area contributed by atoms with Crippen LogP contribution in [0.25, 0.3) is 6.08 Å². The molecule has 1 N–H and O–H groups in total. The second kappa shape index (κ2) is 8.72. The molecule has 23 heavy (non-hydrogen) atoms. The summed E-state index contributed by atoms with van der Waals surface area (Å²) in [4.78, 5) is 19.3. The van der Waals surface area contributed by atoms with E-state index in [4.69, 9.17) is 39.5 Å². The zero-order valence-electron chi connectivity index (χ0n) is 11.8. The first-order valence-electron chi connectivity index (χ1n) is 6.54. The van der Waals surface area contributed by atoms with Crippen molar-refractivity contribution in [1.82, 2.24) is 15.3 Å². The van der Waals surface area contributed by atoms with Gasteiger partial charge in [0.05, 0.1) is 16.6 Å². The normalized spacial score (nSPS) is 10.7. The predicted molar refractivity (Wildman–Crippen MR) is 91.0 cm³/mol. The molecule has 0 aliphatic carbocycles. The van der Waals surface area contributed by atoms with Crippen molar-refractivity contribution in [2.45, 2.75) is 0 Å². The van der Waals surface area contributed by atoms with Crippen molar-refractivity contribution in [3.05, 3.63) is 57.6 Å². The van der Waals surface area contributed by atoms with E-state index in [2.05, 4.69) is 15.3 Å². The molecule has 1 aromatic heterocycles. The molecule has 0 aliphatic rings. The summed E-state index contributed by atoms with van der Waals surface area (Å²) in [6.45, 7) is 0.513. The summed E-state index contributed by atoms with van der Waals surface area (Å²) < 4.78 is 5.45. The Labute approximate surface area is 148 Å². The van der Waals surface area contributed by atoms with Crippen LogP contribution in [-0.4, -0.2) is 29.0 Å². The number of benzene rings is 1. The van der Waals surface area contributed by atoms with Crippen LogP contribution < -0.4 is 10.1 Å². The van der Waals surface area contributed by atoms with E-state index in [1.165, 1.54) is 24.5 Å². The van der Waals surface area contributed by atoms with Gasteiger partial charge in [-0.05, 0) is 18.2 Å². The van der Waals surface area contributed by atoms with E-state index in [1.54, 1.807) is 18.5 Å². The largest absolute Gasteiger partial charge is 0.489 e. The van der Waals surface area contributed by atoms with Gasteiger partial charge in [-0.2, -0.15) is 0 Å². The maximum Gasteiger partial charge on any atom is 0.244 e. The topological polar surface area (TPSA) is 64.1 Å². The number of nitrogens with one attached hydrogen (secondary N) is 1. The van der Waals surface area contributed by atoms with Crippen LogP contribution in [0.3, 0.4) is 0 Å². The van der Waals surface area contributed by atoms with Crippen molar-refractivity contribution in [1.29, 1.82) is 0 Å². The van der Waals surface area contributed by atoms with E-state index >= 15 is 0 Å². The first-order chi connectivity index (χ1) is 11.1. The Morgan fingerprint density at radius 3 is 2.48 bits per heavy atom. The lowest BCUT2D eigenvalue weighted by Gasteiger charge is -2.10. The summed E-state index contributed by atoms with van der Waals surface area (Å²) >= 11 is 17.8. The van der Waals surface area contributed by atoms with Crippen molar-refractivity contribution >= 4 is 46.8 Å². The van der Waals surface area contributed by atoms with Crippen molar-refractivity contribution in [3.63, 3.8) is 0 Å². The van der Waals surface area contributed by atoms with E-state index in [9.17, 15) is 4.79 Å². The molecular weight excluding hydrogens is 361 g/mol. The van der Waals surface area contributed by atoms with Gasteiger partial charge in [0.1, 0.15) is 12.9 Å². The summed E-state index contributed by atoms with van der Waals surface area (Å²) in [5.41, 5.74) is 0.735. The highest BCUT2D eigenvalue weighted by atomic mass is 35.5. The predicted octanol–water partition coefficient (Wildman–Crippen LogP) is 3.65. The molecule has 0 saturated carbocycles. The lowest BCUT2D eigenvalue weighted by Crippen LogP contribution is -2.26. The van der Waals surface area contributed by atoms with Gasteiger partial charge in [-0.3, -0.25) is 4.79 Å². The SMILES string of the molecule is O=C(C=Cc1cncnc1)NCCOc1c(Cl)cc(Cl)cc1Cl. The first kappa shape index (κ1) is 17.5. The first-order valence-corrected chi connectivity index (χ1v) is 7.68. The maximum absolute atomic E-state index is 11.6. The summed E-state index contributed by atoms with van der Waals surface area (Å²) in [5.74, 6) is 0.0784. The Kier molecular flexibility index (Phi) is 6.65. The van der Waals surface area contributed by atoms with Crippen LogP contribution >= 0.6 is 34.8 Å². The average Bonchev–Trinajstić information content (AvgIpc) is 2.52. The quantitative estimate of drug-likeness (QED) is 0.621.